The molecule has 0 N–H and O–H groups in total. The quantitative estimate of drug-likeness (QED) is 0.278. The maximum absolute atomic E-state index is 9.26. The van der Waals surface area contributed by atoms with Gasteiger partial charge in [-0.15, -0.1) is 0 Å². The zero-order valence-corrected chi connectivity index (χ0v) is 18.9. The first kappa shape index (κ1) is 13.1. The molecule has 0 bridgehead atoms. The number of nitriles is 1. The Balaban J connectivity index is 1.87. The van der Waals surface area contributed by atoms with Gasteiger partial charge in [0, 0.05) is 33.5 Å². The van der Waals surface area contributed by atoms with Crippen LogP contribution in [0.25, 0.3) is 44.5 Å². The van der Waals surface area contributed by atoms with Gasteiger partial charge in [0.2, 0.25) is 5.71 Å². The molecule has 168 valence electrons. The van der Waals surface area contributed by atoms with Crippen LogP contribution < -0.4 is 0 Å². The molecule has 0 amide bonds. The average Bonchev–Trinajstić information content (AvgIpc) is 3.29. The second-order valence-electron chi connectivity index (χ2n) is 9.02. The minimum absolute atomic E-state index is 0.0249. The van der Waals surface area contributed by atoms with Crippen LogP contribution in [0.3, 0.4) is 0 Å². The number of hydrogen-bond acceptors (Lipinski definition) is 4. The van der Waals surface area contributed by atoms with Crippen molar-refractivity contribution in [2.24, 2.45) is 5.41 Å². The zero-order valence-electron chi connectivity index (χ0n) is 28.9. The number of para-hydroxylation sites is 1. The lowest BCUT2D eigenvalue weighted by molar-refractivity contribution is 0.411. The van der Waals surface area contributed by atoms with E-state index in [2.05, 4.69) is 9.97 Å². The number of fused-ring (bicyclic) bond motifs is 3. The fourth-order valence-electron chi connectivity index (χ4n) is 3.88. The largest absolute Gasteiger partial charge is 0.437 e. The summed E-state index contributed by atoms with van der Waals surface area (Å²) in [5.74, 6) is 0. The third kappa shape index (κ3) is 3.95. The molecule has 0 atom stereocenters. The van der Waals surface area contributed by atoms with Crippen LogP contribution in [0.2, 0.25) is 0 Å². The maximum Gasteiger partial charge on any atom is 0.228 e. The topological polar surface area (TPSA) is 62.7 Å². The number of benzene rings is 2. The number of furan rings is 1. The van der Waals surface area contributed by atoms with Crippen molar-refractivity contribution in [1.82, 2.24) is 9.97 Å². The summed E-state index contributed by atoms with van der Waals surface area (Å²) < 4.78 is 91.0. The standard InChI is InChI=1S/C30H27N3O/c1-18-13-20(15-30(3,4)5)9-11-22(18)26-14-27(32-17-19(26)2)25-8-6-7-23-24-12-10-21(16-31)33-29(24)34-28(23)25/h6-14,17H,15H2,1-5H3/i1D3,2D3,11D,14D,15D2. The number of nitrogens with zero attached hydrogens (tertiary/aromatic N) is 3. The Bertz CT molecular complexity index is 1990. The van der Waals surface area contributed by atoms with Crippen molar-refractivity contribution < 1.29 is 18.1 Å². The number of aryl methyl sites for hydroxylation is 2. The summed E-state index contributed by atoms with van der Waals surface area (Å²) in [4.78, 5) is 8.53. The molecule has 0 saturated carbocycles. The van der Waals surface area contributed by atoms with E-state index in [0.29, 0.717) is 16.3 Å². The number of aromatic nitrogens is 2. The van der Waals surface area contributed by atoms with Crippen LogP contribution in [0.1, 0.15) is 56.9 Å². The fourth-order valence-corrected chi connectivity index (χ4v) is 3.88. The normalized spacial score (nSPS) is 17.2. The summed E-state index contributed by atoms with van der Waals surface area (Å²) in [6, 6.07) is 11.7. The van der Waals surface area contributed by atoms with Crippen LogP contribution in [-0.2, 0) is 6.37 Å². The van der Waals surface area contributed by atoms with E-state index in [1.54, 1.807) is 51.1 Å². The van der Waals surface area contributed by atoms with Crippen molar-refractivity contribution in [3.8, 4) is 28.5 Å². The average molecular weight is 456 g/mol. The van der Waals surface area contributed by atoms with Crippen molar-refractivity contribution in [2.45, 2.75) is 40.8 Å². The van der Waals surface area contributed by atoms with E-state index in [-0.39, 0.29) is 39.4 Å². The highest BCUT2D eigenvalue weighted by Crippen LogP contribution is 2.37. The minimum Gasteiger partial charge on any atom is -0.437 e. The summed E-state index contributed by atoms with van der Waals surface area (Å²) >= 11 is 0. The predicted octanol–water partition coefficient (Wildman–Crippen LogP) is 7.79. The molecule has 0 saturated heterocycles. The molecule has 4 nitrogen and oxygen atoms in total. The summed E-state index contributed by atoms with van der Waals surface area (Å²) in [5, 5.41) is 10.5. The molecule has 0 radical (unpaired) electrons. The highest BCUT2D eigenvalue weighted by molar-refractivity contribution is 6.08. The van der Waals surface area contributed by atoms with E-state index in [4.69, 9.17) is 16.8 Å². The molecule has 0 aliphatic heterocycles. The molecule has 5 rings (SSSR count). The molecule has 3 heterocycles. The predicted molar refractivity (Wildman–Crippen MR) is 138 cm³/mol. The lowest BCUT2D eigenvalue weighted by Gasteiger charge is -2.19. The number of pyridine rings is 2. The Kier molecular flexibility index (Phi) is 3.11. The van der Waals surface area contributed by atoms with Crippen molar-refractivity contribution >= 4 is 22.1 Å². The molecule has 2 aromatic carbocycles. The van der Waals surface area contributed by atoms with Gasteiger partial charge >= 0.3 is 0 Å². The van der Waals surface area contributed by atoms with E-state index in [1.807, 2.05) is 6.07 Å². The van der Waals surface area contributed by atoms with Gasteiger partial charge in [0.15, 0.2) is 0 Å². The van der Waals surface area contributed by atoms with Crippen LogP contribution in [0.15, 0.2) is 65.2 Å². The van der Waals surface area contributed by atoms with Crippen molar-refractivity contribution in [3.05, 3.63) is 83.1 Å². The van der Waals surface area contributed by atoms with Crippen LogP contribution in [0.4, 0.5) is 0 Å². The molecule has 0 unspecified atom stereocenters. The molecule has 4 heteroatoms. The molecule has 5 aromatic rings. The van der Waals surface area contributed by atoms with Crippen LogP contribution in [0.5, 0.6) is 0 Å². The first-order valence-corrected chi connectivity index (χ1v) is 10.7. The Morgan fingerprint density at radius 3 is 2.68 bits per heavy atom. The molecule has 0 spiro atoms. The van der Waals surface area contributed by atoms with Gasteiger partial charge in [-0.3, -0.25) is 4.98 Å². The molecule has 0 aliphatic rings. The summed E-state index contributed by atoms with van der Waals surface area (Å²) in [7, 11) is 0. The van der Waals surface area contributed by atoms with Crippen LogP contribution >= 0.6 is 0 Å². The van der Waals surface area contributed by atoms with E-state index >= 15 is 0 Å². The van der Waals surface area contributed by atoms with Gasteiger partial charge in [-0.05, 0) is 77.6 Å². The highest BCUT2D eigenvalue weighted by atomic mass is 16.3. The van der Waals surface area contributed by atoms with Gasteiger partial charge < -0.3 is 4.42 Å². The second kappa shape index (κ2) is 8.11. The van der Waals surface area contributed by atoms with Gasteiger partial charge in [0.25, 0.3) is 0 Å². The highest BCUT2D eigenvalue weighted by Gasteiger charge is 2.17. The van der Waals surface area contributed by atoms with E-state index in [1.165, 1.54) is 6.07 Å². The van der Waals surface area contributed by atoms with Crippen molar-refractivity contribution in [3.63, 3.8) is 0 Å². The molecular formula is C30H27N3O. The van der Waals surface area contributed by atoms with E-state index in [9.17, 15) is 6.63 Å². The lowest BCUT2D eigenvalue weighted by Crippen LogP contribution is -2.09. The van der Waals surface area contributed by atoms with Crippen molar-refractivity contribution in [1.29, 1.82) is 5.26 Å². The monoisotopic (exact) mass is 455 g/mol. The summed E-state index contributed by atoms with van der Waals surface area (Å²) in [6.45, 7) is -0.771. The van der Waals surface area contributed by atoms with Crippen LogP contribution in [-0.4, -0.2) is 9.97 Å². The smallest absolute Gasteiger partial charge is 0.228 e. The van der Waals surface area contributed by atoms with Gasteiger partial charge in [-0.1, -0.05) is 51.1 Å². The van der Waals surface area contributed by atoms with Gasteiger partial charge in [-0.25, -0.2) is 4.98 Å². The second-order valence-corrected chi connectivity index (χ2v) is 9.02. The Labute approximate surface area is 214 Å². The van der Waals surface area contributed by atoms with Crippen LogP contribution in [0, 0.1) is 30.4 Å². The van der Waals surface area contributed by atoms with E-state index < -0.39 is 48.7 Å². The maximum atomic E-state index is 9.26. The minimum atomic E-state index is -2.89. The SMILES string of the molecule is [2H]c1cc(C([2H])([2H])C(C)(C)C)cc(C([2H])([2H])[2H])c1-c1c(C([2H])([2H])[2H])cnc(-c2cccc3c2oc2nc(C#N)ccc23)c1[2H]. The molecule has 0 fully saturated rings. The first-order valence-electron chi connectivity index (χ1n) is 15.7. The third-order valence-corrected chi connectivity index (χ3v) is 5.28. The number of rotatable bonds is 3. The first-order chi connectivity index (χ1) is 20.3. The Morgan fingerprint density at radius 1 is 1.06 bits per heavy atom. The van der Waals surface area contributed by atoms with E-state index in [0.717, 1.165) is 12.3 Å². The lowest BCUT2D eigenvalue weighted by atomic mass is 9.86. The Morgan fingerprint density at radius 2 is 1.91 bits per heavy atom. The number of hydrogen-bond donors (Lipinski definition) is 0. The molecular weight excluding hydrogens is 418 g/mol. The fraction of sp³-hybridized carbons (Fsp3) is 0.233. The molecule has 3 aromatic heterocycles. The third-order valence-electron chi connectivity index (χ3n) is 5.28. The molecule has 0 aliphatic carbocycles. The summed E-state index contributed by atoms with van der Waals surface area (Å²) in [5.41, 5.74) is -1.63. The van der Waals surface area contributed by atoms with Gasteiger partial charge in [-0.2, -0.15) is 5.26 Å². The van der Waals surface area contributed by atoms with Crippen molar-refractivity contribution in [2.75, 3.05) is 0 Å². The molecule has 34 heavy (non-hydrogen) atoms. The van der Waals surface area contributed by atoms with Gasteiger partial charge in [0.05, 0.1) is 8.44 Å². The Hall–Kier alpha value is -3.97. The summed E-state index contributed by atoms with van der Waals surface area (Å²) in [6.07, 6.45) is -0.994. The van der Waals surface area contributed by atoms with Gasteiger partial charge in [0.1, 0.15) is 17.3 Å². The zero-order chi connectivity index (χ0) is 32.6.